The van der Waals surface area contributed by atoms with E-state index >= 15 is 0 Å². The first kappa shape index (κ1) is 12.7. The number of rotatable bonds is 2. The van der Waals surface area contributed by atoms with Crippen molar-refractivity contribution >= 4 is 11.6 Å². The van der Waals surface area contributed by atoms with E-state index in [2.05, 4.69) is 10.3 Å². The lowest BCUT2D eigenvalue weighted by molar-refractivity contribution is 0.102. The second-order valence-corrected chi connectivity index (χ2v) is 3.96. The van der Waals surface area contributed by atoms with Crippen LogP contribution in [0.3, 0.4) is 0 Å². The van der Waals surface area contributed by atoms with Crippen LogP contribution in [0.2, 0.25) is 0 Å². The zero-order valence-electron chi connectivity index (χ0n) is 10.1. The molecule has 1 heterocycles. The molecule has 0 aliphatic carbocycles. The van der Waals surface area contributed by atoms with Crippen LogP contribution in [0.5, 0.6) is 0 Å². The summed E-state index contributed by atoms with van der Waals surface area (Å²) < 4.78 is 12.7. The summed E-state index contributed by atoms with van der Waals surface area (Å²) in [7, 11) is 0. The molecular weight excluding hydrogens is 245 g/mol. The number of hydrogen-bond donors (Lipinski definition) is 1. The van der Waals surface area contributed by atoms with Crippen molar-refractivity contribution in [2.24, 2.45) is 0 Å². The topological polar surface area (TPSA) is 65.8 Å². The number of amides is 1. The number of anilines is 1. The lowest BCUT2D eigenvalue weighted by atomic mass is 10.2. The first-order valence-electron chi connectivity index (χ1n) is 5.54. The molecule has 2 aromatic rings. The molecule has 1 aromatic heterocycles. The van der Waals surface area contributed by atoms with E-state index in [4.69, 9.17) is 5.26 Å². The monoisotopic (exact) mass is 255 g/mol. The van der Waals surface area contributed by atoms with E-state index in [1.54, 1.807) is 13.0 Å². The summed E-state index contributed by atoms with van der Waals surface area (Å²) >= 11 is 0. The van der Waals surface area contributed by atoms with Gasteiger partial charge in [0.1, 0.15) is 11.5 Å². The molecule has 5 heteroatoms. The SMILES string of the molecule is Cc1cc(C#N)cc(C(=O)Nc2ccc(F)cc2)n1. The van der Waals surface area contributed by atoms with Gasteiger partial charge in [-0.1, -0.05) is 0 Å². The predicted octanol–water partition coefficient (Wildman–Crippen LogP) is 2.65. The van der Waals surface area contributed by atoms with E-state index in [0.717, 1.165) is 0 Å². The number of halogens is 1. The van der Waals surface area contributed by atoms with Gasteiger partial charge in [-0.3, -0.25) is 4.79 Å². The van der Waals surface area contributed by atoms with Crippen molar-refractivity contribution in [1.29, 1.82) is 5.26 Å². The first-order chi connectivity index (χ1) is 9.08. The Kier molecular flexibility index (Phi) is 3.53. The molecule has 94 valence electrons. The van der Waals surface area contributed by atoms with E-state index in [9.17, 15) is 9.18 Å². The lowest BCUT2D eigenvalue weighted by Crippen LogP contribution is -2.14. The molecule has 1 amide bonds. The Labute approximate surface area is 109 Å². The number of benzene rings is 1. The van der Waals surface area contributed by atoms with Gasteiger partial charge >= 0.3 is 0 Å². The molecule has 0 unspecified atom stereocenters. The smallest absolute Gasteiger partial charge is 0.274 e. The van der Waals surface area contributed by atoms with Gasteiger partial charge in [0, 0.05) is 11.4 Å². The molecule has 0 atom stereocenters. The highest BCUT2D eigenvalue weighted by Gasteiger charge is 2.09. The lowest BCUT2D eigenvalue weighted by Gasteiger charge is -2.05. The largest absolute Gasteiger partial charge is 0.321 e. The van der Waals surface area contributed by atoms with Gasteiger partial charge in [0.2, 0.25) is 0 Å². The molecule has 0 saturated heterocycles. The van der Waals surface area contributed by atoms with Crippen LogP contribution in [0.25, 0.3) is 0 Å². The van der Waals surface area contributed by atoms with Crippen molar-refractivity contribution in [1.82, 2.24) is 4.98 Å². The van der Waals surface area contributed by atoms with Crippen LogP contribution in [0, 0.1) is 24.1 Å². The van der Waals surface area contributed by atoms with Crippen LogP contribution in [-0.4, -0.2) is 10.9 Å². The third-order valence-electron chi connectivity index (χ3n) is 2.42. The molecule has 2 rings (SSSR count). The van der Waals surface area contributed by atoms with Crippen LogP contribution >= 0.6 is 0 Å². The van der Waals surface area contributed by atoms with Crippen LogP contribution in [0.15, 0.2) is 36.4 Å². The summed E-state index contributed by atoms with van der Waals surface area (Å²) in [5.41, 5.74) is 1.58. The molecule has 0 radical (unpaired) electrons. The van der Waals surface area contributed by atoms with Gasteiger partial charge in [-0.15, -0.1) is 0 Å². The molecular formula is C14H10FN3O. The van der Waals surface area contributed by atoms with Crippen LogP contribution in [-0.2, 0) is 0 Å². The van der Waals surface area contributed by atoms with E-state index in [-0.39, 0.29) is 11.5 Å². The Morgan fingerprint density at radius 2 is 2.00 bits per heavy atom. The predicted molar refractivity (Wildman–Crippen MR) is 68.0 cm³/mol. The number of carbonyl (C=O) groups is 1. The average molecular weight is 255 g/mol. The minimum absolute atomic E-state index is 0.154. The highest BCUT2D eigenvalue weighted by molar-refractivity contribution is 6.03. The minimum Gasteiger partial charge on any atom is -0.321 e. The van der Waals surface area contributed by atoms with Crippen molar-refractivity contribution in [2.45, 2.75) is 6.92 Å². The van der Waals surface area contributed by atoms with Crippen LogP contribution in [0.1, 0.15) is 21.7 Å². The van der Waals surface area contributed by atoms with Crippen molar-refractivity contribution < 1.29 is 9.18 Å². The Bertz CT molecular complexity index is 659. The summed E-state index contributed by atoms with van der Waals surface area (Å²) in [5, 5.41) is 11.4. The van der Waals surface area contributed by atoms with E-state index < -0.39 is 5.91 Å². The Hall–Kier alpha value is -2.74. The third-order valence-corrected chi connectivity index (χ3v) is 2.42. The second kappa shape index (κ2) is 5.27. The molecule has 0 spiro atoms. The van der Waals surface area contributed by atoms with Crippen LogP contribution < -0.4 is 5.32 Å². The molecule has 0 aliphatic rings. The molecule has 0 aliphatic heterocycles. The molecule has 1 N–H and O–H groups in total. The molecule has 0 fully saturated rings. The highest BCUT2D eigenvalue weighted by atomic mass is 19.1. The number of pyridine rings is 1. The van der Waals surface area contributed by atoms with E-state index in [1.165, 1.54) is 30.3 Å². The number of carbonyl (C=O) groups excluding carboxylic acids is 1. The maximum absolute atomic E-state index is 12.7. The number of nitrogens with zero attached hydrogens (tertiary/aromatic N) is 2. The summed E-state index contributed by atoms with van der Waals surface area (Å²) in [6.07, 6.45) is 0. The van der Waals surface area contributed by atoms with Crippen molar-refractivity contribution in [3.05, 3.63) is 59.2 Å². The number of aromatic nitrogens is 1. The van der Waals surface area contributed by atoms with Gasteiger partial charge in [-0.2, -0.15) is 5.26 Å². The summed E-state index contributed by atoms with van der Waals surface area (Å²) in [4.78, 5) is 16.0. The Balaban J connectivity index is 2.23. The maximum Gasteiger partial charge on any atom is 0.274 e. The maximum atomic E-state index is 12.7. The molecule has 4 nitrogen and oxygen atoms in total. The first-order valence-corrected chi connectivity index (χ1v) is 5.54. The number of aryl methyl sites for hydroxylation is 1. The van der Waals surface area contributed by atoms with Crippen molar-refractivity contribution in [2.75, 3.05) is 5.32 Å². The minimum atomic E-state index is -0.438. The average Bonchev–Trinajstić information content (AvgIpc) is 2.40. The summed E-state index contributed by atoms with van der Waals surface area (Å²) in [6.45, 7) is 1.70. The summed E-state index contributed by atoms with van der Waals surface area (Å²) in [5.74, 6) is -0.815. The van der Waals surface area contributed by atoms with Gasteiger partial charge in [-0.05, 0) is 43.3 Å². The second-order valence-electron chi connectivity index (χ2n) is 3.96. The normalized spacial score (nSPS) is 9.74. The fourth-order valence-electron chi connectivity index (χ4n) is 1.58. The fraction of sp³-hybridized carbons (Fsp3) is 0.0714. The van der Waals surface area contributed by atoms with Gasteiger partial charge in [-0.25, -0.2) is 9.37 Å². The molecule has 1 aromatic carbocycles. The zero-order valence-corrected chi connectivity index (χ0v) is 10.1. The Morgan fingerprint density at radius 1 is 1.32 bits per heavy atom. The zero-order chi connectivity index (χ0) is 13.8. The Morgan fingerprint density at radius 3 is 2.63 bits per heavy atom. The molecule has 19 heavy (non-hydrogen) atoms. The van der Waals surface area contributed by atoms with E-state index in [1.807, 2.05) is 6.07 Å². The third kappa shape index (κ3) is 3.13. The fourth-order valence-corrected chi connectivity index (χ4v) is 1.58. The highest BCUT2D eigenvalue weighted by Crippen LogP contribution is 2.11. The number of nitriles is 1. The van der Waals surface area contributed by atoms with Gasteiger partial charge < -0.3 is 5.32 Å². The summed E-state index contributed by atoms with van der Waals surface area (Å²) in [6, 6.07) is 10.4. The van der Waals surface area contributed by atoms with Crippen molar-refractivity contribution in [3.8, 4) is 6.07 Å². The van der Waals surface area contributed by atoms with Gasteiger partial charge in [0.25, 0.3) is 5.91 Å². The quantitative estimate of drug-likeness (QED) is 0.897. The number of nitrogens with one attached hydrogen (secondary N) is 1. The molecule has 0 bridgehead atoms. The van der Waals surface area contributed by atoms with Crippen LogP contribution in [0.4, 0.5) is 10.1 Å². The van der Waals surface area contributed by atoms with Gasteiger partial charge in [0.15, 0.2) is 0 Å². The standard InChI is InChI=1S/C14H10FN3O/c1-9-6-10(8-16)7-13(17-9)14(19)18-12-4-2-11(15)3-5-12/h2-7H,1H3,(H,18,19). The number of hydrogen-bond acceptors (Lipinski definition) is 3. The molecule has 0 saturated carbocycles. The van der Waals surface area contributed by atoms with E-state index in [0.29, 0.717) is 16.9 Å². The van der Waals surface area contributed by atoms with Crippen molar-refractivity contribution in [3.63, 3.8) is 0 Å². The van der Waals surface area contributed by atoms with Gasteiger partial charge in [0.05, 0.1) is 11.6 Å².